The Balaban J connectivity index is 2.14. The molecule has 106 valence electrons. The number of nitrogens with zero attached hydrogens (tertiary/aromatic N) is 1. The Morgan fingerprint density at radius 1 is 1.45 bits per heavy atom. The van der Waals surface area contributed by atoms with E-state index in [-0.39, 0.29) is 17.6 Å². The van der Waals surface area contributed by atoms with Crippen molar-refractivity contribution in [2.24, 2.45) is 0 Å². The first-order valence-electron chi connectivity index (χ1n) is 6.05. The maximum Gasteiger partial charge on any atom is 0.249 e. The van der Waals surface area contributed by atoms with Crippen LogP contribution < -0.4 is 10.6 Å². The number of amides is 2. The SMILES string of the molecule is CC(=O)NC(CS)C(=O)Nc1nc2ccc(C)cc2s1. The first-order valence-corrected chi connectivity index (χ1v) is 7.50. The number of carbonyl (C=O) groups excluding carboxylic acids is 2. The fourth-order valence-corrected chi connectivity index (χ4v) is 2.94. The number of thiol groups is 1. The van der Waals surface area contributed by atoms with Crippen LogP contribution >= 0.6 is 24.0 Å². The van der Waals surface area contributed by atoms with Crippen molar-refractivity contribution in [1.29, 1.82) is 0 Å². The van der Waals surface area contributed by atoms with E-state index in [9.17, 15) is 9.59 Å². The Morgan fingerprint density at radius 2 is 2.20 bits per heavy atom. The van der Waals surface area contributed by atoms with Crippen LogP contribution in [-0.2, 0) is 9.59 Å². The Hall–Kier alpha value is -1.60. The third-order valence-electron chi connectivity index (χ3n) is 2.65. The van der Waals surface area contributed by atoms with E-state index in [1.165, 1.54) is 18.3 Å². The lowest BCUT2D eigenvalue weighted by atomic mass is 10.2. The lowest BCUT2D eigenvalue weighted by Crippen LogP contribution is -2.44. The molecule has 20 heavy (non-hydrogen) atoms. The van der Waals surface area contributed by atoms with Gasteiger partial charge in [-0.15, -0.1) is 0 Å². The van der Waals surface area contributed by atoms with E-state index in [0.717, 1.165) is 15.8 Å². The van der Waals surface area contributed by atoms with Crippen molar-refractivity contribution in [2.75, 3.05) is 11.1 Å². The molecule has 2 aromatic rings. The molecule has 0 bridgehead atoms. The monoisotopic (exact) mass is 309 g/mol. The lowest BCUT2D eigenvalue weighted by molar-refractivity contribution is -0.124. The molecule has 2 amide bonds. The van der Waals surface area contributed by atoms with Crippen molar-refractivity contribution in [3.8, 4) is 0 Å². The van der Waals surface area contributed by atoms with Crippen molar-refractivity contribution in [2.45, 2.75) is 19.9 Å². The van der Waals surface area contributed by atoms with Crippen LogP contribution in [0.15, 0.2) is 18.2 Å². The molecule has 5 nitrogen and oxygen atoms in total. The van der Waals surface area contributed by atoms with E-state index in [1.807, 2.05) is 25.1 Å². The second-order valence-corrected chi connectivity index (χ2v) is 5.81. The maximum atomic E-state index is 12.0. The number of benzene rings is 1. The van der Waals surface area contributed by atoms with Crippen molar-refractivity contribution in [1.82, 2.24) is 10.3 Å². The molecule has 0 aliphatic carbocycles. The van der Waals surface area contributed by atoms with Gasteiger partial charge in [-0.2, -0.15) is 12.6 Å². The third-order valence-corrected chi connectivity index (χ3v) is 3.95. The van der Waals surface area contributed by atoms with Crippen LogP contribution in [0, 0.1) is 6.92 Å². The quantitative estimate of drug-likeness (QED) is 0.756. The van der Waals surface area contributed by atoms with E-state index in [2.05, 4.69) is 28.2 Å². The zero-order valence-corrected chi connectivity index (χ0v) is 12.8. The number of fused-ring (bicyclic) bond motifs is 1. The smallest absolute Gasteiger partial charge is 0.249 e. The minimum atomic E-state index is -0.662. The van der Waals surface area contributed by atoms with Crippen LogP contribution in [0.5, 0.6) is 0 Å². The van der Waals surface area contributed by atoms with Crippen LogP contribution in [0.1, 0.15) is 12.5 Å². The molecule has 0 aliphatic rings. The summed E-state index contributed by atoms with van der Waals surface area (Å²) >= 11 is 5.47. The van der Waals surface area contributed by atoms with Gasteiger partial charge in [-0.05, 0) is 24.6 Å². The summed E-state index contributed by atoms with van der Waals surface area (Å²) in [5.74, 6) is -0.347. The summed E-state index contributed by atoms with van der Waals surface area (Å²) < 4.78 is 1.02. The van der Waals surface area contributed by atoms with Gasteiger partial charge in [0, 0.05) is 12.7 Å². The Labute approximate surface area is 126 Å². The van der Waals surface area contributed by atoms with Gasteiger partial charge in [-0.1, -0.05) is 17.4 Å². The summed E-state index contributed by atoms with van der Waals surface area (Å²) in [6.45, 7) is 3.37. The Morgan fingerprint density at radius 3 is 2.85 bits per heavy atom. The first kappa shape index (κ1) is 14.8. The van der Waals surface area contributed by atoms with Gasteiger partial charge in [0.1, 0.15) is 6.04 Å². The van der Waals surface area contributed by atoms with Gasteiger partial charge in [0.2, 0.25) is 11.8 Å². The molecule has 0 saturated carbocycles. The van der Waals surface area contributed by atoms with Crippen LogP contribution in [-0.4, -0.2) is 28.6 Å². The molecular weight excluding hydrogens is 294 g/mol. The minimum Gasteiger partial charge on any atom is -0.344 e. The first-order chi connectivity index (χ1) is 9.49. The topological polar surface area (TPSA) is 71.1 Å². The zero-order valence-electron chi connectivity index (χ0n) is 11.1. The molecule has 2 N–H and O–H groups in total. The van der Waals surface area contributed by atoms with E-state index in [1.54, 1.807) is 0 Å². The largest absolute Gasteiger partial charge is 0.344 e. The molecule has 1 heterocycles. The highest BCUT2D eigenvalue weighted by atomic mass is 32.1. The number of rotatable bonds is 4. The molecule has 2 rings (SSSR count). The molecule has 0 saturated heterocycles. The Bertz CT molecular complexity index is 654. The summed E-state index contributed by atoms with van der Waals surface area (Å²) in [6.07, 6.45) is 0. The molecule has 0 spiro atoms. The Kier molecular flexibility index (Phi) is 4.61. The average Bonchev–Trinajstić information content (AvgIpc) is 2.76. The minimum absolute atomic E-state index is 0.232. The van der Waals surface area contributed by atoms with Gasteiger partial charge in [-0.3, -0.25) is 9.59 Å². The van der Waals surface area contributed by atoms with Crippen molar-refractivity contribution in [3.05, 3.63) is 23.8 Å². The summed E-state index contributed by atoms with van der Waals surface area (Å²) in [7, 11) is 0. The summed E-state index contributed by atoms with van der Waals surface area (Å²) in [5.41, 5.74) is 1.99. The fraction of sp³-hybridized carbons (Fsp3) is 0.308. The number of aryl methyl sites for hydroxylation is 1. The number of thiazole rings is 1. The van der Waals surface area contributed by atoms with Gasteiger partial charge in [-0.25, -0.2) is 4.98 Å². The lowest BCUT2D eigenvalue weighted by Gasteiger charge is -2.13. The van der Waals surface area contributed by atoms with Crippen LogP contribution in [0.2, 0.25) is 0 Å². The predicted molar refractivity (Wildman–Crippen MR) is 84.4 cm³/mol. The molecule has 0 fully saturated rings. The van der Waals surface area contributed by atoms with Gasteiger partial charge in [0.05, 0.1) is 10.2 Å². The zero-order chi connectivity index (χ0) is 14.7. The molecule has 1 unspecified atom stereocenters. The van der Waals surface area contributed by atoms with Crippen molar-refractivity contribution < 1.29 is 9.59 Å². The summed E-state index contributed by atoms with van der Waals surface area (Å²) in [4.78, 5) is 27.4. The number of hydrogen-bond donors (Lipinski definition) is 3. The van der Waals surface area contributed by atoms with E-state index in [4.69, 9.17) is 0 Å². The summed E-state index contributed by atoms with van der Waals surface area (Å²) in [6, 6.07) is 5.25. The second kappa shape index (κ2) is 6.23. The second-order valence-electron chi connectivity index (χ2n) is 4.42. The van der Waals surface area contributed by atoms with E-state index in [0.29, 0.717) is 5.13 Å². The normalized spacial score (nSPS) is 12.2. The van der Waals surface area contributed by atoms with Crippen LogP contribution in [0.25, 0.3) is 10.2 Å². The summed E-state index contributed by atoms with van der Waals surface area (Å²) in [5, 5.41) is 5.78. The predicted octanol–water partition coefficient (Wildman–Crippen LogP) is 1.98. The highest BCUT2D eigenvalue weighted by Gasteiger charge is 2.19. The number of hydrogen-bond acceptors (Lipinski definition) is 5. The highest BCUT2D eigenvalue weighted by Crippen LogP contribution is 2.26. The molecule has 0 aliphatic heterocycles. The third kappa shape index (κ3) is 3.49. The van der Waals surface area contributed by atoms with Crippen molar-refractivity contribution in [3.63, 3.8) is 0 Å². The molecule has 0 radical (unpaired) electrons. The van der Waals surface area contributed by atoms with Gasteiger partial charge < -0.3 is 10.6 Å². The van der Waals surface area contributed by atoms with E-state index < -0.39 is 6.04 Å². The number of carbonyl (C=O) groups is 2. The fourth-order valence-electron chi connectivity index (χ4n) is 1.72. The molecule has 1 aromatic carbocycles. The molecule has 1 aromatic heterocycles. The highest BCUT2D eigenvalue weighted by molar-refractivity contribution is 7.80. The van der Waals surface area contributed by atoms with Crippen molar-refractivity contribution >= 4 is 51.1 Å². The van der Waals surface area contributed by atoms with Crippen LogP contribution in [0.4, 0.5) is 5.13 Å². The van der Waals surface area contributed by atoms with E-state index >= 15 is 0 Å². The number of nitrogens with one attached hydrogen (secondary N) is 2. The maximum absolute atomic E-state index is 12.0. The van der Waals surface area contributed by atoms with Gasteiger partial charge in [0.25, 0.3) is 0 Å². The number of aromatic nitrogens is 1. The number of anilines is 1. The van der Waals surface area contributed by atoms with Gasteiger partial charge >= 0.3 is 0 Å². The molecular formula is C13H15N3O2S2. The van der Waals surface area contributed by atoms with Gasteiger partial charge in [0.15, 0.2) is 5.13 Å². The van der Waals surface area contributed by atoms with Crippen LogP contribution in [0.3, 0.4) is 0 Å². The standard InChI is InChI=1S/C13H15N3O2S2/c1-7-3-4-9-11(5-7)20-13(15-9)16-12(18)10(6-19)14-8(2)17/h3-5,10,19H,6H2,1-2H3,(H,14,17)(H,15,16,18). The average molecular weight is 309 g/mol. The molecule has 1 atom stereocenters. The molecule has 7 heteroatoms.